The summed E-state index contributed by atoms with van der Waals surface area (Å²) in [5, 5.41) is 0. The van der Waals surface area contributed by atoms with Crippen molar-refractivity contribution in [2.75, 3.05) is 44.2 Å². The summed E-state index contributed by atoms with van der Waals surface area (Å²) in [4.78, 5) is 16.6. The zero-order valence-corrected chi connectivity index (χ0v) is 12.4. The molecule has 0 aliphatic carbocycles. The second-order valence-electron chi connectivity index (χ2n) is 5.50. The van der Waals surface area contributed by atoms with Gasteiger partial charge >= 0.3 is 0 Å². The molecule has 3 nitrogen and oxygen atoms in total. The molecule has 2 fully saturated rings. The number of thioether (sulfide) groups is 1. The third kappa shape index (κ3) is 4.16. The highest BCUT2D eigenvalue weighted by atomic mass is 32.2. The van der Waals surface area contributed by atoms with Crippen molar-refractivity contribution in [2.24, 2.45) is 5.92 Å². The van der Waals surface area contributed by atoms with E-state index in [9.17, 15) is 4.79 Å². The molecular formula is C14H26N2OS. The first-order chi connectivity index (χ1) is 8.79. The zero-order valence-electron chi connectivity index (χ0n) is 11.6. The smallest absolute Gasteiger partial charge is 0.236 e. The molecule has 0 aromatic heterocycles. The van der Waals surface area contributed by atoms with Crippen LogP contribution >= 0.6 is 11.8 Å². The molecule has 0 spiro atoms. The van der Waals surface area contributed by atoms with Gasteiger partial charge in [0.15, 0.2) is 0 Å². The molecule has 18 heavy (non-hydrogen) atoms. The molecule has 2 heterocycles. The van der Waals surface area contributed by atoms with E-state index in [1.807, 2.05) is 11.8 Å². The number of hydrogen-bond acceptors (Lipinski definition) is 3. The minimum Gasteiger partial charge on any atom is -0.342 e. The quantitative estimate of drug-likeness (QED) is 0.781. The molecule has 2 rings (SSSR count). The van der Waals surface area contributed by atoms with Crippen molar-refractivity contribution in [3.63, 3.8) is 0 Å². The van der Waals surface area contributed by atoms with Gasteiger partial charge in [-0.3, -0.25) is 9.69 Å². The average Bonchev–Trinajstić information content (AvgIpc) is 2.41. The van der Waals surface area contributed by atoms with Crippen LogP contribution in [-0.2, 0) is 4.79 Å². The molecule has 4 heteroatoms. The topological polar surface area (TPSA) is 23.6 Å². The summed E-state index contributed by atoms with van der Waals surface area (Å²) in [5.41, 5.74) is 0. The van der Waals surface area contributed by atoms with Gasteiger partial charge in [0.1, 0.15) is 0 Å². The number of amides is 1. The van der Waals surface area contributed by atoms with E-state index < -0.39 is 0 Å². The highest BCUT2D eigenvalue weighted by Gasteiger charge is 2.24. The Morgan fingerprint density at radius 2 is 1.83 bits per heavy atom. The summed E-state index contributed by atoms with van der Waals surface area (Å²) in [7, 11) is 0. The first kappa shape index (κ1) is 14.2. The van der Waals surface area contributed by atoms with Gasteiger partial charge in [-0.1, -0.05) is 19.8 Å². The summed E-state index contributed by atoms with van der Waals surface area (Å²) < 4.78 is 0. The molecule has 0 aromatic rings. The Hall–Kier alpha value is -0.220. The molecule has 2 aliphatic rings. The van der Waals surface area contributed by atoms with Crippen molar-refractivity contribution in [2.45, 2.75) is 32.6 Å². The van der Waals surface area contributed by atoms with Crippen molar-refractivity contribution < 1.29 is 4.79 Å². The van der Waals surface area contributed by atoms with Crippen molar-refractivity contribution >= 4 is 17.7 Å². The van der Waals surface area contributed by atoms with Crippen LogP contribution in [0.3, 0.4) is 0 Å². The fourth-order valence-electron chi connectivity index (χ4n) is 2.93. The van der Waals surface area contributed by atoms with Gasteiger partial charge < -0.3 is 4.90 Å². The van der Waals surface area contributed by atoms with Crippen LogP contribution in [0.25, 0.3) is 0 Å². The lowest BCUT2D eigenvalue weighted by atomic mass is 9.92. The number of carbonyl (C=O) groups is 1. The van der Waals surface area contributed by atoms with Gasteiger partial charge in [-0.05, 0) is 18.8 Å². The first-order valence-corrected chi connectivity index (χ1v) is 8.53. The van der Waals surface area contributed by atoms with Gasteiger partial charge in [0.05, 0.1) is 6.54 Å². The zero-order chi connectivity index (χ0) is 12.8. The number of carbonyl (C=O) groups excluding carboxylic acids is 1. The van der Waals surface area contributed by atoms with Crippen LogP contribution in [0.2, 0.25) is 0 Å². The van der Waals surface area contributed by atoms with Crippen molar-refractivity contribution in [3.8, 4) is 0 Å². The second-order valence-corrected chi connectivity index (χ2v) is 6.73. The molecule has 0 atom stereocenters. The maximum Gasteiger partial charge on any atom is 0.236 e. The average molecular weight is 270 g/mol. The van der Waals surface area contributed by atoms with Gasteiger partial charge in [0, 0.05) is 37.7 Å². The number of piperidine rings is 1. The molecular weight excluding hydrogens is 244 g/mol. The lowest BCUT2D eigenvalue weighted by molar-refractivity contribution is -0.133. The standard InChI is InChI=1S/C14H26N2OS/c1-2-3-13-4-6-16(7-5-13)14(17)12-15-8-10-18-11-9-15/h13H,2-12H2,1H3. The maximum atomic E-state index is 12.2. The predicted molar refractivity (Wildman–Crippen MR) is 78.0 cm³/mol. The molecule has 0 saturated carbocycles. The summed E-state index contributed by atoms with van der Waals surface area (Å²) in [5.74, 6) is 3.60. The van der Waals surface area contributed by atoms with Crippen LogP contribution in [0.4, 0.5) is 0 Å². The molecule has 1 amide bonds. The molecule has 104 valence electrons. The van der Waals surface area contributed by atoms with E-state index in [4.69, 9.17) is 0 Å². The number of rotatable bonds is 4. The van der Waals surface area contributed by atoms with E-state index in [-0.39, 0.29) is 0 Å². The van der Waals surface area contributed by atoms with E-state index in [1.54, 1.807) is 0 Å². The van der Waals surface area contributed by atoms with Crippen molar-refractivity contribution in [3.05, 3.63) is 0 Å². The summed E-state index contributed by atoms with van der Waals surface area (Å²) >= 11 is 2.00. The summed E-state index contributed by atoms with van der Waals surface area (Å²) in [6.07, 6.45) is 5.06. The van der Waals surface area contributed by atoms with Gasteiger partial charge in [-0.25, -0.2) is 0 Å². The third-order valence-corrected chi connectivity index (χ3v) is 5.07. The Labute approximate surface area is 115 Å². The van der Waals surface area contributed by atoms with Crippen LogP contribution in [0.15, 0.2) is 0 Å². The van der Waals surface area contributed by atoms with Gasteiger partial charge in [0.2, 0.25) is 5.91 Å². The molecule has 0 aromatic carbocycles. The monoisotopic (exact) mass is 270 g/mol. The second kappa shape index (κ2) is 7.39. The Bertz CT molecular complexity index is 259. The number of hydrogen-bond donors (Lipinski definition) is 0. The predicted octanol–water partition coefficient (Wildman–Crippen LogP) is 2.07. The summed E-state index contributed by atoms with van der Waals surface area (Å²) in [6.45, 7) is 7.06. The van der Waals surface area contributed by atoms with E-state index in [1.165, 1.54) is 37.2 Å². The Balaban J connectivity index is 1.70. The first-order valence-electron chi connectivity index (χ1n) is 7.37. The van der Waals surface area contributed by atoms with Crippen LogP contribution in [0.1, 0.15) is 32.6 Å². The normalized spacial score (nSPS) is 23.3. The highest BCUT2D eigenvalue weighted by Crippen LogP contribution is 2.21. The van der Waals surface area contributed by atoms with Gasteiger partial charge in [-0.2, -0.15) is 11.8 Å². The Morgan fingerprint density at radius 1 is 1.17 bits per heavy atom. The van der Waals surface area contributed by atoms with E-state index >= 15 is 0 Å². The molecule has 2 saturated heterocycles. The minimum atomic E-state index is 0.358. The Kier molecular flexibility index (Phi) is 5.83. The van der Waals surface area contributed by atoms with Gasteiger partial charge in [0.25, 0.3) is 0 Å². The van der Waals surface area contributed by atoms with Crippen LogP contribution in [-0.4, -0.2) is 59.9 Å². The molecule has 0 bridgehead atoms. The van der Waals surface area contributed by atoms with E-state index in [0.29, 0.717) is 12.5 Å². The van der Waals surface area contributed by atoms with E-state index in [2.05, 4.69) is 16.7 Å². The molecule has 0 radical (unpaired) electrons. The van der Waals surface area contributed by atoms with Crippen LogP contribution in [0, 0.1) is 5.92 Å². The Morgan fingerprint density at radius 3 is 2.44 bits per heavy atom. The van der Waals surface area contributed by atoms with Gasteiger partial charge in [-0.15, -0.1) is 0 Å². The lowest BCUT2D eigenvalue weighted by Crippen LogP contribution is -2.46. The molecule has 0 N–H and O–H groups in total. The number of likely N-dealkylation sites (tertiary alicyclic amines) is 1. The van der Waals surface area contributed by atoms with Crippen LogP contribution in [0.5, 0.6) is 0 Å². The fraction of sp³-hybridized carbons (Fsp3) is 0.929. The highest BCUT2D eigenvalue weighted by molar-refractivity contribution is 7.99. The molecule has 0 unspecified atom stereocenters. The fourth-order valence-corrected chi connectivity index (χ4v) is 3.91. The van der Waals surface area contributed by atoms with Crippen molar-refractivity contribution in [1.29, 1.82) is 0 Å². The third-order valence-electron chi connectivity index (χ3n) is 4.13. The SMILES string of the molecule is CCCC1CCN(C(=O)CN2CCSCC2)CC1. The molecule has 2 aliphatic heterocycles. The minimum absolute atomic E-state index is 0.358. The van der Waals surface area contributed by atoms with Crippen LogP contribution < -0.4 is 0 Å². The van der Waals surface area contributed by atoms with E-state index in [0.717, 1.165) is 32.1 Å². The maximum absolute atomic E-state index is 12.2. The van der Waals surface area contributed by atoms with Crippen molar-refractivity contribution in [1.82, 2.24) is 9.80 Å². The lowest BCUT2D eigenvalue weighted by Gasteiger charge is -2.34. The summed E-state index contributed by atoms with van der Waals surface area (Å²) in [6, 6.07) is 0. The number of nitrogens with zero attached hydrogens (tertiary/aromatic N) is 2. The largest absolute Gasteiger partial charge is 0.342 e.